The van der Waals surface area contributed by atoms with Crippen molar-refractivity contribution in [3.8, 4) is 11.6 Å². The first kappa shape index (κ1) is 13.3. The molecule has 0 radical (unpaired) electrons. The molecule has 100 valence electrons. The van der Waals surface area contributed by atoms with Crippen LogP contribution in [0.4, 0.5) is 5.95 Å². The van der Waals surface area contributed by atoms with E-state index in [2.05, 4.69) is 29.1 Å². The number of ether oxygens (including phenoxy) is 1. The van der Waals surface area contributed by atoms with Gasteiger partial charge in [0.25, 0.3) is 0 Å². The highest BCUT2D eigenvalue weighted by Crippen LogP contribution is 2.25. The average molecular weight is 257 g/mol. The molecule has 0 unspecified atom stereocenters. The summed E-state index contributed by atoms with van der Waals surface area (Å²) in [4.78, 5) is 8.56. The number of rotatable bonds is 4. The zero-order chi connectivity index (χ0) is 13.8. The van der Waals surface area contributed by atoms with Gasteiger partial charge in [0.1, 0.15) is 5.75 Å². The summed E-state index contributed by atoms with van der Waals surface area (Å²) in [5, 5.41) is 3.08. The molecule has 1 aromatic heterocycles. The van der Waals surface area contributed by atoms with Crippen molar-refractivity contribution in [2.75, 3.05) is 11.9 Å². The van der Waals surface area contributed by atoms with Gasteiger partial charge in [0, 0.05) is 18.3 Å². The molecule has 4 nitrogen and oxygen atoms in total. The summed E-state index contributed by atoms with van der Waals surface area (Å²) in [6.45, 7) is 8.88. The fourth-order valence-corrected chi connectivity index (χ4v) is 1.66. The maximum Gasteiger partial charge on any atom is 0.226 e. The van der Waals surface area contributed by atoms with Crippen LogP contribution in [-0.2, 0) is 0 Å². The largest absolute Gasteiger partial charge is 0.439 e. The highest BCUT2D eigenvalue weighted by molar-refractivity contribution is 5.39. The lowest BCUT2D eigenvalue weighted by Gasteiger charge is -2.10. The molecule has 0 saturated carbocycles. The van der Waals surface area contributed by atoms with E-state index in [0.717, 1.165) is 17.9 Å². The minimum atomic E-state index is 0.590. The van der Waals surface area contributed by atoms with E-state index >= 15 is 0 Å². The Kier molecular flexibility index (Phi) is 4.00. The summed E-state index contributed by atoms with van der Waals surface area (Å²) < 4.78 is 5.84. The van der Waals surface area contributed by atoms with Crippen molar-refractivity contribution in [1.29, 1.82) is 0 Å². The lowest BCUT2D eigenvalue weighted by molar-refractivity contribution is 0.457. The SMILES string of the molecule is CCNc1ncc(C)c(Oc2ccc(C)c(C)c2)n1. The summed E-state index contributed by atoms with van der Waals surface area (Å²) in [5.41, 5.74) is 3.37. The topological polar surface area (TPSA) is 47.0 Å². The molecule has 0 spiro atoms. The van der Waals surface area contributed by atoms with Crippen molar-refractivity contribution < 1.29 is 4.74 Å². The van der Waals surface area contributed by atoms with Crippen LogP contribution >= 0.6 is 0 Å². The Morgan fingerprint density at radius 3 is 2.58 bits per heavy atom. The Morgan fingerprint density at radius 1 is 1.11 bits per heavy atom. The lowest BCUT2D eigenvalue weighted by Crippen LogP contribution is -2.03. The molecule has 1 heterocycles. The van der Waals surface area contributed by atoms with Crippen molar-refractivity contribution >= 4 is 5.95 Å². The Morgan fingerprint density at radius 2 is 1.89 bits per heavy atom. The minimum absolute atomic E-state index is 0.590. The molecule has 2 aromatic rings. The van der Waals surface area contributed by atoms with Gasteiger partial charge in [0.05, 0.1) is 0 Å². The molecule has 0 aliphatic carbocycles. The maximum atomic E-state index is 5.84. The van der Waals surface area contributed by atoms with Crippen LogP contribution < -0.4 is 10.1 Å². The molecule has 2 rings (SSSR count). The van der Waals surface area contributed by atoms with E-state index in [0.29, 0.717) is 11.8 Å². The highest BCUT2D eigenvalue weighted by atomic mass is 16.5. The molecule has 4 heteroatoms. The highest BCUT2D eigenvalue weighted by Gasteiger charge is 2.06. The average Bonchev–Trinajstić information content (AvgIpc) is 2.38. The van der Waals surface area contributed by atoms with Crippen LogP contribution in [0.3, 0.4) is 0 Å². The van der Waals surface area contributed by atoms with Gasteiger partial charge >= 0.3 is 0 Å². The molecule has 0 atom stereocenters. The van der Waals surface area contributed by atoms with E-state index in [-0.39, 0.29) is 0 Å². The second kappa shape index (κ2) is 5.69. The quantitative estimate of drug-likeness (QED) is 0.908. The van der Waals surface area contributed by atoms with Crippen LogP contribution in [0.15, 0.2) is 24.4 Å². The Balaban J connectivity index is 2.26. The smallest absolute Gasteiger partial charge is 0.226 e. The Hall–Kier alpha value is -2.10. The van der Waals surface area contributed by atoms with Gasteiger partial charge in [-0.15, -0.1) is 0 Å². The van der Waals surface area contributed by atoms with Crippen molar-refractivity contribution in [3.05, 3.63) is 41.1 Å². The third kappa shape index (κ3) is 3.22. The molecule has 0 aliphatic heterocycles. The van der Waals surface area contributed by atoms with Crippen LogP contribution in [0.25, 0.3) is 0 Å². The molecular formula is C15H19N3O. The summed E-state index contributed by atoms with van der Waals surface area (Å²) in [5.74, 6) is 1.98. The molecule has 0 bridgehead atoms. The van der Waals surface area contributed by atoms with Gasteiger partial charge < -0.3 is 10.1 Å². The van der Waals surface area contributed by atoms with Gasteiger partial charge in [-0.05, 0) is 51.0 Å². The number of nitrogens with zero attached hydrogens (tertiary/aromatic N) is 2. The number of nitrogens with one attached hydrogen (secondary N) is 1. The standard InChI is InChI=1S/C15H19N3O/c1-5-16-15-17-9-12(4)14(18-15)19-13-7-6-10(2)11(3)8-13/h6-9H,5H2,1-4H3,(H,16,17,18). The molecule has 1 aromatic carbocycles. The molecule has 0 amide bonds. The first-order chi connectivity index (χ1) is 9.10. The monoisotopic (exact) mass is 257 g/mol. The number of benzene rings is 1. The zero-order valence-corrected chi connectivity index (χ0v) is 11.8. The summed E-state index contributed by atoms with van der Waals surface area (Å²) in [6.07, 6.45) is 1.77. The summed E-state index contributed by atoms with van der Waals surface area (Å²) in [6, 6.07) is 6.02. The van der Waals surface area contributed by atoms with Crippen molar-refractivity contribution in [1.82, 2.24) is 9.97 Å². The van der Waals surface area contributed by atoms with Crippen LogP contribution in [0, 0.1) is 20.8 Å². The molecule has 19 heavy (non-hydrogen) atoms. The van der Waals surface area contributed by atoms with Gasteiger partial charge in [-0.2, -0.15) is 4.98 Å². The maximum absolute atomic E-state index is 5.84. The fourth-order valence-electron chi connectivity index (χ4n) is 1.66. The van der Waals surface area contributed by atoms with Gasteiger partial charge in [0.15, 0.2) is 0 Å². The van der Waals surface area contributed by atoms with E-state index in [9.17, 15) is 0 Å². The number of hydrogen-bond donors (Lipinski definition) is 1. The molecule has 1 N–H and O–H groups in total. The first-order valence-electron chi connectivity index (χ1n) is 6.42. The zero-order valence-electron chi connectivity index (χ0n) is 11.8. The lowest BCUT2D eigenvalue weighted by atomic mass is 10.1. The van der Waals surface area contributed by atoms with Gasteiger partial charge in [-0.1, -0.05) is 6.07 Å². The van der Waals surface area contributed by atoms with Crippen LogP contribution in [-0.4, -0.2) is 16.5 Å². The van der Waals surface area contributed by atoms with E-state index in [1.807, 2.05) is 32.0 Å². The number of anilines is 1. The molecule has 0 aliphatic rings. The van der Waals surface area contributed by atoms with Crippen molar-refractivity contribution in [2.24, 2.45) is 0 Å². The number of aromatic nitrogens is 2. The molecule has 0 fully saturated rings. The second-order valence-corrected chi connectivity index (χ2v) is 4.56. The summed E-state index contributed by atoms with van der Waals surface area (Å²) >= 11 is 0. The number of aryl methyl sites for hydroxylation is 3. The number of hydrogen-bond acceptors (Lipinski definition) is 4. The second-order valence-electron chi connectivity index (χ2n) is 4.56. The predicted molar refractivity (Wildman–Crippen MR) is 76.9 cm³/mol. The first-order valence-corrected chi connectivity index (χ1v) is 6.42. The van der Waals surface area contributed by atoms with Gasteiger partial charge in [-0.25, -0.2) is 4.98 Å². The van der Waals surface area contributed by atoms with Gasteiger partial charge in [0.2, 0.25) is 11.8 Å². The van der Waals surface area contributed by atoms with E-state index in [1.54, 1.807) is 6.20 Å². The van der Waals surface area contributed by atoms with E-state index in [1.165, 1.54) is 11.1 Å². The fraction of sp³-hybridized carbons (Fsp3) is 0.333. The third-order valence-electron chi connectivity index (χ3n) is 2.95. The molecule has 0 saturated heterocycles. The predicted octanol–water partition coefficient (Wildman–Crippen LogP) is 3.63. The van der Waals surface area contributed by atoms with Crippen molar-refractivity contribution in [3.63, 3.8) is 0 Å². The van der Waals surface area contributed by atoms with Gasteiger partial charge in [-0.3, -0.25) is 0 Å². The van der Waals surface area contributed by atoms with E-state index in [4.69, 9.17) is 4.74 Å². The van der Waals surface area contributed by atoms with E-state index < -0.39 is 0 Å². The Labute approximate surface area is 113 Å². The normalized spacial score (nSPS) is 10.3. The third-order valence-corrected chi connectivity index (χ3v) is 2.95. The minimum Gasteiger partial charge on any atom is -0.439 e. The summed E-state index contributed by atoms with van der Waals surface area (Å²) in [7, 11) is 0. The molecular weight excluding hydrogens is 238 g/mol. The van der Waals surface area contributed by atoms with Crippen LogP contribution in [0.5, 0.6) is 11.6 Å². The van der Waals surface area contributed by atoms with Crippen LogP contribution in [0.2, 0.25) is 0 Å². The van der Waals surface area contributed by atoms with Crippen molar-refractivity contribution in [2.45, 2.75) is 27.7 Å². The Bertz CT molecular complexity index is 582. The van der Waals surface area contributed by atoms with Crippen LogP contribution in [0.1, 0.15) is 23.6 Å².